The van der Waals surface area contributed by atoms with Crippen molar-refractivity contribution in [3.05, 3.63) is 134 Å². The lowest BCUT2D eigenvalue weighted by molar-refractivity contribution is -0.123. The number of aliphatic hydroxyl groups excluding tert-OH is 2. The third kappa shape index (κ3) is 61.4. The smallest absolute Gasteiger partial charge is 0.220 e. The molecule has 0 radical (unpaired) electrons. The number of hydrogen-bond acceptors (Lipinski definition) is 3. The van der Waals surface area contributed by atoms with Crippen LogP contribution in [0.3, 0.4) is 0 Å². The second-order valence-corrected chi connectivity index (χ2v) is 21.5. The number of rotatable bonds is 58. The molecule has 0 saturated carbocycles. The van der Waals surface area contributed by atoms with Gasteiger partial charge in [-0.1, -0.05) is 327 Å². The molecule has 0 aliphatic heterocycles. The fourth-order valence-corrected chi connectivity index (χ4v) is 9.31. The van der Waals surface area contributed by atoms with E-state index in [4.69, 9.17) is 0 Å². The molecule has 0 rings (SSSR count). The summed E-state index contributed by atoms with van der Waals surface area (Å²) in [7, 11) is 0. The Balaban J connectivity index is 3.59. The van der Waals surface area contributed by atoms with Crippen molar-refractivity contribution in [3.63, 3.8) is 0 Å². The molecular weight excluding hydrogens is 927 g/mol. The molecule has 76 heavy (non-hydrogen) atoms. The quantitative estimate of drug-likeness (QED) is 0.0420. The summed E-state index contributed by atoms with van der Waals surface area (Å²) >= 11 is 0. The molecule has 4 heteroatoms. The van der Waals surface area contributed by atoms with Crippen LogP contribution in [0.15, 0.2) is 134 Å². The summed E-state index contributed by atoms with van der Waals surface area (Å²) in [5.41, 5.74) is 0. The van der Waals surface area contributed by atoms with Crippen LogP contribution in [-0.4, -0.2) is 34.9 Å². The third-order valence-electron chi connectivity index (χ3n) is 14.2. The highest BCUT2D eigenvalue weighted by atomic mass is 16.3. The van der Waals surface area contributed by atoms with Gasteiger partial charge >= 0.3 is 0 Å². The van der Waals surface area contributed by atoms with Gasteiger partial charge in [-0.2, -0.15) is 0 Å². The number of aliphatic hydroxyl groups is 2. The number of unbranched alkanes of at least 4 members (excludes halogenated alkanes) is 29. The van der Waals surface area contributed by atoms with Gasteiger partial charge < -0.3 is 15.5 Å². The number of amides is 1. The Morgan fingerprint density at radius 2 is 0.579 bits per heavy atom. The zero-order chi connectivity index (χ0) is 54.8. The predicted molar refractivity (Wildman–Crippen MR) is 340 cm³/mol. The number of carbonyl (C=O) groups excluding carboxylic acids is 1. The number of carbonyl (C=O) groups is 1. The zero-order valence-electron chi connectivity index (χ0n) is 50.0. The van der Waals surface area contributed by atoms with Gasteiger partial charge in [-0.3, -0.25) is 4.79 Å². The lowest BCUT2D eigenvalue weighted by atomic mass is 10.0. The monoisotopic (exact) mass is 1050 g/mol. The van der Waals surface area contributed by atoms with E-state index in [0.29, 0.717) is 12.8 Å². The summed E-state index contributed by atoms with van der Waals surface area (Å²) < 4.78 is 0. The highest BCUT2D eigenvalue weighted by molar-refractivity contribution is 5.76. The van der Waals surface area contributed by atoms with Gasteiger partial charge in [0.25, 0.3) is 0 Å². The van der Waals surface area contributed by atoms with Crippen LogP contribution < -0.4 is 5.32 Å². The van der Waals surface area contributed by atoms with Crippen molar-refractivity contribution in [2.45, 2.75) is 309 Å². The lowest BCUT2D eigenvalue weighted by Crippen LogP contribution is -2.45. The van der Waals surface area contributed by atoms with Crippen molar-refractivity contribution in [2.75, 3.05) is 6.61 Å². The van der Waals surface area contributed by atoms with E-state index in [9.17, 15) is 15.0 Å². The van der Waals surface area contributed by atoms with Gasteiger partial charge in [-0.05, 0) is 96.3 Å². The fraction of sp³-hybridized carbons (Fsp3) is 0.681. The van der Waals surface area contributed by atoms with E-state index in [1.165, 1.54) is 161 Å². The molecule has 0 bridgehead atoms. The molecule has 0 saturated heterocycles. The zero-order valence-corrected chi connectivity index (χ0v) is 50.0. The van der Waals surface area contributed by atoms with E-state index in [1.54, 1.807) is 0 Å². The first-order valence-corrected chi connectivity index (χ1v) is 32.4. The fourth-order valence-electron chi connectivity index (χ4n) is 9.31. The molecule has 0 heterocycles. The minimum Gasteiger partial charge on any atom is -0.394 e. The largest absolute Gasteiger partial charge is 0.394 e. The van der Waals surface area contributed by atoms with Crippen molar-refractivity contribution in [2.24, 2.45) is 0 Å². The van der Waals surface area contributed by atoms with E-state index in [1.807, 2.05) is 0 Å². The number of allylic oxidation sites excluding steroid dienone is 22. The molecule has 0 aromatic heterocycles. The second-order valence-electron chi connectivity index (χ2n) is 21.5. The number of hydrogen-bond donors (Lipinski definition) is 3. The van der Waals surface area contributed by atoms with E-state index in [0.717, 1.165) is 109 Å². The molecule has 2 atom stereocenters. The van der Waals surface area contributed by atoms with Gasteiger partial charge in [0.05, 0.1) is 18.8 Å². The Morgan fingerprint density at radius 3 is 0.868 bits per heavy atom. The standard InChI is InChI=1S/C72H123NO3/c1-3-5-7-9-11-13-15-17-19-21-23-25-27-28-29-30-31-32-33-34-35-36-37-38-39-40-41-42-43-44-46-48-50-52-54-56-58-60-62-64-66-68-72(76)73-70(69-74)71(75)67-65-63-61-59-57-55-53-51-49-47-45-26-24-22-20-18-16-14-12-10-8-6-4-2/h5,7,11,13,17,19,23,25,28-29,31-32,34-35,37-38,40-41,43-44,48,50,70-71,74-75H,3-4,6,8-10,12,14-16,18,20-22,24,26-27,30,33,36,39,42,45-47,49,51-69H2,1-2H3,(H,73,76)/b7-5-,13-11-,19-17-,25-23-,29-28-,32-31-,35-34-,38-37-,41-40-,44-43-,50-48-. The number of nitrogens with one attached hydrogen (secondary N) is 1. The van der Waals surface area contributed by atoms with Crippen molar-refractivity contribution in [1.29, 1.82) is 0 Å². The Kier molecular flexibility index (Phi) is 62.8. The third-order valence-corrected chi connectivity index (χ3v) is 14.2. The summed E-state index contributed by atoms with van der Waals surface area (Å²) in [6.45, 7) is 4.26. The maximum Gasteiger partial charge on any atom is 0.220 e. The molecule has 1 amide bonds. The van der Waals surface area contributed by atoms with Crippen LogP contribution in [0.2, 0.25) is 0 Å². The highest BCUT2D eigenvalue weighted by Crippen LogP contribution is 2.17. The molecule has 0 aromatic rings. The van der Waals surface area contributed by atoms with Crippen LogP contribution in [0.4, 0.5) is 0 Å². The molecule has 4 nitrogen and oxygen atoms in total. The van der Waals surface area contributed by atoms with Crippen molar-refractivity contribution >= 4 is 5.91 Å². The van der Waals surface area contributed by atoms with Gasteiger partial charge in [0.2, 0.25) is 5.91 Å². The molecule has 0 spiro atoms. The molecule has 434 valence electrons. The van der Waals surface area contributed by atoms with Crippen LogP contribution in [0.1, 0.15) is 296 Å². The van der Waals surface area contributed by atoms with Crippen molar-refractivity contribution < 1.29 is 15.0 Å². The normalized spacial score (nSPS) is 13.7. The topological polar surface area (TPSA) is 69.6 Å². The molecular formula is C72H123NO3. The average molecular weight is 1050 g/mol. The first-order valence-electron chi connectivity index (χ1n) is 32.4. The first-order chi connectivity index (χ1) is 37.7. The minimum absolute atomic E-state index is 0.0447. The molecule has 3 N–H and O–H groups in total. The van der Waals surface area contributed by atoms with Crippen LogP contribution in [-0.2, 0) is 4.79 Å². The Bertz CT molecular complexity index is 1520. The highest BCUT2D eigenvalue weighted by Gasteiger charge is 2.20. The average Bonchev–Trinajstić information content (AvgIpc) is 3.42. The van der Waals surface area contributed by atoms with Crippen LogP contribution in [0, 0.1) is 0 Å². The summed E-state index contributed by atoms with van der Waals surface area (Å²) in [5, 5.41) is 23.4. The van der Waals surface area contributed by atoms with Crippen molar-refractivity contribution in [3.8, 4) is 0 Å². The van der Waals surface area contributed by atoms with E-state index in [2.05, 4.69) is 153 Å². The Labute approximate surface area is 472 Å². The Morgan fingerprint density at radius 1 is 0.329 bits per heavy atom. The van der Waals surface area contributed by atoms with Crippen molar-refractivity contribution in [1.82, 2.24) is 5.32 Å². The molecule has 0 fully saturated rings. The van der Waals surface area contributed by atoms with Gasteiger partial charge in [0.15, 0.2) is 0 Å². The van der Waals surface area contributed by atoms with E-state index in [-0.39, 0.29) is 12.5 Å². The summed E-state index contributed by atoms with van der Waals surface area (Å²) in [5.74, 6) is -0.0447. The summed E-state index contributed by atoms with van der Waals surface area (Å²) in [6.07, 6.45) is 102. The van der Waals surface area contributed by atoms with Crippen LogP contribution in [0.25, 0.3) is 0 Å². The SMILES string of the molecule is CC/C=C\C/C=C\C/C=C\C/C=C\C/C=C\C/C=C\C/C=C\C/C=C\C/C=C\C/C=C\C/C=C\CCCCCCCCCC(=O)NC(CO)C(O)CCCCCCCCCCCCCCCCCCCCCCCCC. The van der Waals surface area contributed by atoms with Gasteiger partial charge in [-0.15, -0.1) is 0 Å². The predicted octanol–water partition coefficient (Wildman–Crippen LogP) is 22.1. The summed E-state index contributed by atoms with van der Waals surface area (Å²) in [6, 6.07) is -0.553. The Hall–Kier alpha value is -3.47. The van der Waals surface area contributed by atoms with E-state index >= 15 is 0 Å². The summed E-state index contributed by atoms with van der Waals surface area (Å²) in [4.78, 5) is 12.5. The first kappa shape index (κ1) is 72.5. The van der Waals surface area contributed by atoms with Crippen LogP contribution in [0.5, 0.6) is 0 Å². The second kappa shape index (κ2) is 65.8. The van der Waals surface area contributed by atoms with Gasteiger partial charge in [-0.25, -0.2) is 0 Å². The maximum atomic E-state index is 12.5. The maximum absolute atomic E-state index is 12.5. The van der Waals surface area contributed by atoms with Gasteiger partial charge in [0.1, 0.15) is 0 Å². The van der Waals surface area contributed by atoms with Gasteiger partial charge in [0, 0.05) is 6.42 Å². The minimum atomic E-state index is -0.675. The van der Waals surface area contributed by atoms with E-state index < -0.39 is 12.1 Å². The molecule has 0 aliphatic rings. The molecule has 0 aromatic carbocycles. The lowest BCUT2D eigenvalue weighted by Gasteiger charge is -2.22. The molecule has 2 unspecified atom stereocenters. The van der Waals surface area contributed by atoms with Crippen LogP contribution >= 0.6 is 0 Å². The molecule has 0 aliphatic carbocycles.